The molecule has 0 bridgehead atoms. The standard InChI is InChI=1S/C14H23FN2/c1-4-13(16)14(17(5-2)6-3)11-9-7-8-10-12(11)15/h7-10,13-14H,4-6,16H2,1-3H3. The Kier molecular flexibility index (Phi) is 5.59. The molecule has 2 N–H and O–H groups in total. The van der Waals surface area contributed by atoms with Crippen molar-refractivity contribution >= 4 is 0 Å². The Balaban J connectivity index is 3.10. The minimum absolute atomic E-state index is 0.0313. The SMILES string of the molecule is CCC(N)C(c1ccccc1F)N(CC)CC. The summed E-state index contributed by atoms with van der Waals surface area (Å²) in [6, 6.07) is 6.87. The van der Waals surface area contributed by atoms with Crippen LogP contribution in [0.4, 0.5) is 4.39 Å². The van der Waals surface area contributed by atoms with Crippen molar-refractivity contribution < 1.29 is 4.39 Å². The number of nitrogens with two attached hydrogens (primary N) is 1. The number of halogens is 1. The minimum Gasteiger partial charge on any atom is -0.326 e. The number of rotatable bonds is 6. The molecule has 0 aliphatic heterocycles. The molecule has 0 aliphatic carbocycles. The van der Waals surface area contributed by atoms with E-state index in [1.165, 1.54) is 6.07 Å². The molecule has 0 heterocycles. The highest BCUT2D eigenvalue weighted by Gasteiger charge is 2.25. The molecule has 1 rings (SSSR count). The van der Waals surface area contributed by atoms with E-state index in [0.717, 1.165) is 19.5 Å². The molecule has 0 spiro atoms. The van der Waals surface area contributed by atoms with Gasteiger partial charge < -0.3 is 5.73 Å². The predicted octanol–water partition coefficient (Wildman–Crippen LogP) is 2.95. The van der Waals surface area contributed by atoms with E-state index in [9.17, 15) is 4.39 Å². The van der Waals surface area contributed by atoms with Gasteiger partial charge in [-0.2, -0.15) is 0 Å². The second kappa shape index (κ2) is 6.72. The van der Waals surface area contributed by atoms with E-state index in [1.807, 2.05) is 19.1 Å². The molecule has 2 unspecified atom stereocenters. The maximum atomic E-state index is 13.9. The monoisotopic (exact) mass is 238 g/mol. The number of nitrogens with zero attached hydrogens (tertiary/aromatic N) is 1. The van der Waals surface area contributed by atoms with Crippen molar-refractivity contribution in [3.63, 3.8) is 0 Å². The lowest BCUT2D eigenvalue weighted by Gasteiger charge is -2.34. The zero-order valence-corrected chi connectivity index (χ0v) is 11.0. The smallest absolute Gasteiger partial charge is 0.128 e. The lowest BCUT2D eigenvalue weighted by atomic mass is 9.96. The molecule has 0 fully saturated rings. The van der Waals surface area contributed by atoms with Crippen molar-refractivity contribution in [1.82, 2.24) is 4.90 Å². The molecule has 0 aliphatic rings. The Labute approximate surface area is 104 Å². The van der Waals surface area contributed by atoms with E-state index in [0.29, 0.717) is 5.56 Å². The number of hydrogen-bond acceptors (Lipinski definition) is 2. The second-order valence-corrected chi connectivity index (χ2v) is 4.26. The maximum Gasteiger partial charge on any atom is 0.128 e. The van der Waals surface area contributed by atoms with Crippen LogP contribution in [-0.4, -0.2) is 24.0 Å². The van der Waals surface area contributed by atoms with Gasteiger partial charge in [0.25, 0.3) is 0 Å². The zero-order valence-electron chi connectivity index (χ0n) is 11.0. The van der Waals surface area contributed by atoms with Crippen LogP contribution < -0.4 is 5.73 Å². The Bertz CT molecular complexity index is 337. The summed E-state index contributed by atoms with van der Waals surface area (Å²) in [5.74, 6) is -0.159. The lowest BCUT2D eigenvalue weighted by molar-refractivity contribution is 0.183. The molecule has 0 radical (unpaired) electrons. The van der Waals surface area contributed by atoms with E-state index in [-0.39, 0.29) is 17.9 Å². The quantitative estimate of drug-likeness (QED) is 0.825. The van der Waals surface area contributed by atoms with Gasteiger partial charge in [0.15, 0.2) is 0 Å². The Hall–Kier alpha value is -0.930. The third-order valence-electron chi connectivity index (χ3n) is 3.31. The third kappa shape index (κ3) is 3.27. The van der Waals surface area contributed by atoms with Gasteiger partial charge in [-0.15, -0.1) is 0 Å². The number of hydrogen-bond donors (Lipinski definition) is 1. The first-order valence-electron chi connectivity index (χ1n) is 6.39. The van der Waals surface area contributed by atoms with Crippen LogP contribution in [0.3, 0.4) is 0 Å². The largest absolute Gasteiger partial charge is 0.326 e. The molecule has 0 saturated heterocycles. The molecule has 96 valence electrons. The van der Waals surface area contributed by atoms with Crippen molar-refractivity contribution in [3.8, 4) is 0 Å². The molecule has 1 aromatic rings. The fourth-order valence-electron chi connectivity index (χ4n) is 2.25. The Morgan fingerprint density at radius 2 is 1.76 bits per heavy atom. The number of likely N-dealkylation sites (N-methyl/N-ethyl adjacent to an activating group) is 1. The molecule has 2 atom stereocenters. The highest BCUT2D eigenvalue weighted by Crippen LogP contribution is 2.26. The maximum absolute atomic E-state index is 13.9. The highest BCUT2D eigenvalue weighted by atomic mass is 19.1. The van der Waals surface area contributed by atoms with E-state index < -0.39 is 0 Å². The van der Waals surface area contributed by atoms with Crippen molar-refractivity contribution in [1.29, 1.82) is 0 Å². The van der Waals surface area contributed by atoms with Crippen molar-refractivity contribution in [2.75, 3.05) is 13.1 Å². The van der Waals surface area contributed by atoms with Gasteiger partial charge in [-0.05, 0) is 25.6 Å². The van der Waals surface area contributed by atoms with Gasteiger partial charge in [0.2, 0.25) is 0 Å². The molecule has 1 aromatic carbocycles. The average Bonchev–Trinajstić information content (AvgIpc) is 2.36. The van der Waals surface area contributed by atoms with Crippen LogP contribution in [0.15, 0.2) is 24.3 Å². The summed E-state index contributed by atoms with van der Waals surface area (Å²) in [5.41, 5.74) is 6.88. The van der Waals surface area contributed by atoms with E-state index in [1.54, 1.807) is 6.07 Å². The van der Waals surface area contributed by atoms with Crippen LogP contribution in [0.1, 0.15) is 38.8 Å². The normalized spacial score (nSPS) is 14.9. The molecular weight excluding hydrogens is 215 g/mol. The summed E-state index contributed by atoms with van der Waals surface area (Å²) in [7, 11) is 0. The summed E-state index contributed by atoms with van der Waals surface area (Å²) < 4.78 is 13.9. The summed E-state index contributed by atoms with van der Waals surface area (Å²) in [5, 5.41) is 0. The molecule has 2 nitrogen and oxygen atoms in total. The summed E-state index contributed by atoms with van der Waals surface area (Å²) in [6.45, 7) is 7.97. The van der Waals surface area contributed by atoms with E-state index in [2.05, 4.69) is 18.7 Å². The Morgan fingerprint density at radius 1 is 1.18 bits per heavy atom. The first kappa shape index (κ1) is 14.1. The van der Waals surface area contributed by atoms with Crippen LogP contribution in [0.2, 0.25) is 0 Å². The van der Waals surface area contributed by atoms with Crippen molar-refractivity contribution in [2.24, 2.45) is 5.73 Å². The lowest BCUT2D eigenvalue weighted by Crippen LogP contribution is -2.41. The van der Waals surface area contributed by atoms with Gasteiger partial charge in [0.05, 0.1) is 6.04 Å². The van der Waals surface area contributed by atoms with Crippen LogP contribution in [0, 0.1) is 5.82 Å². The molecule has 0 aromatic heterocycles. The van der Waals surface area contributed by atoms with Gasteiger partial charge in [-0.1, -0.05) is 39.0 Å². The minimum atomic E-state index is -0.159. The van der Waals surface area contributed by atoms with Gasteiger partial charge in [-0.3, -0.25) is 4.90 Å². The second-order valence-electron chi connectivity index (χ2n) is 4.26. The van der Waals surface area contributed by atoms with Crippen molar-refractivity contribution in [2.45, 2.75) is 39.3 Å². The topological polar surface area (TPSA) is 29.3 Å². The van der Waals surface area contributed by atoms with Crippen LogP contribution in [0.5, 0.6) is 0 Å². The summed E-state index contributed by atoms with van der Waals surface area (Å²) in [6.07, 6.45) is 0.843. The van der Waals surface area contributed by atoms with Crippen LogP contribution >= 0.6 is 0 Å². The number of benzene rings is 1. The van der Waals surface area contributed by atoms with E-state index in [4.69, 9.17) is 5.73 Å². The average molecular weight is 238 g/mol. The predicted molar refractivity (Wildman–Crippen MR) is 70.3 cm³/mol. The van der Waals surface area contributed by atoms with Gasteiger partial charge in [0, 0.05) is 11.6 Å². The van der Waals surface area contributed by atoms with Gasteiger partial charge in [-0.25, -0.2) is 4.39 Å². The van der Waals surface area contributed by atoms with E-state index >= 15 is 0 Å². The summed E-state index contributed by atoms with van der Waals surface area (Å²) in [4.78, 5) is 2.21. The molecule has 0 saturated carbocycles. The van der Waals surface area contributed by atoms with Gasteiger partial charge in [0.1, 0.15) is 5.82 Å². The summed E-state index contributed by atoms with van der Waals surface area (Å²) >= 11 is 0. The van der Waals surface area contributed by atoms with Crippen LogP contribution in [-0.2, 0) is 0 Å². The molecular formula is C14H23FN2. The Morgan fingerprint density at radius 3 is 2.24 bits per heavy atom. The fourth-order valence-corrected chi connectivity index (χ4v) is 2.25. The molecule has 0 amide bonds. The zero-order chi connectivity index (χ0) is 12.8. The van der Waals surface area contributed by atoms with Crippen LogP contribution in [0.25, 0.3) is 0 Å². The third-order valence-corrected chi connectivity index (χ3v) is 3.31. The fraction of sp³-hybridized carbons (Fsp3) is 0.571. The van der Waals surface area contributed by atoms with Crippen molar-refractivity contribution in [3.05, 3.63) is 35.6 Å². The highest BCUT2D eigenvalue weighted by molar-refractivity contribution is 5.23. The molecule has 3 heteroatoms. The first-order chi connectivity index (χ1) is 8.15. The molecule has 17 heavy (non-hydrogen) atoms. The first-order valence-corrected chi connectivity index (χ1v) is 6.39. The van der Waals surface area contributed by atoms with Gasteiger partial charge >= 0.3 is 0 Å².